The third kappa shape index (κ3) is 4.47. The molecule has 0 bridgehead atoms. The Morgan fingerprint density at radius 3 is 2.73 bits per heavy atom. The third-order valence-corrected chi connectivity index (χ3v) is 4.06. The van der Waals surface area contributed by atoms with Crippen molar-refractivity contribution in [2.45, 2.75) is 19.9 Å². The van der Waals surface area contributed by atoms with Crippen molar-refractivity contribution < 1.29 is 9.53 Å². The van der Waals surface area contributed by atoms with Gasteiger partial charge in [0.2, 0.25) is 0 Å². The van der Waals surface area contributed by atoms with Crippen molar-refractivity contribution >= 4 is 16.7 Å². The summed E-state index contributed by atoms with van der Waals surface area (Å²) in [5.41, 5.74) is 0.651. The van der Waals surface area contributed by atoms with E-state index in [-0.39, 0.29) is 18.1 Å². The van der Waals surface area contributed by atoms with E-state index in [0.29, 0.717) is 18.8 Å². The molecule has 1 N–H and O–H groups in total. The molecule has 0 saturated carbocycles. The van der Waals surface area contributed by atoms with Crippen LogP contribution in [-0.4, -0.2) is 28.6 Å². The van der Waals surface area contributed by atoms with E-state index in [4.69, 9.17) is 4.74 Å². The third-order valence-electron chi connectivity index (χ3n) is 4.06. The van der Waals surface area contributed by atoms with Crippen LogP contribution in [0.2, 0.25) is 0 Å². The average molecular weight is 351 g/mol. The molecule has 0 fully saturated rings. The number of carbonyl (C=O) groups is 1. The Bertz CT molecular complexity index is 966. The van der Waals surface area contributed by atoms with E-state index in [1.54, 1.807) is 0 Å². The summed E-state index contributed by atoms with van der Waals surface area (Å²) in [6, 6.07) is 15.2. The van der Waals surface area contributed by atoms with Crippen molar-refractivity contribution in [3.8, 4) is 5.75 Å². The summed E-state index contributed by atoms with van der Waals surface area (Å²) >= 11 is 0. The minimum absolute atomic E-state index is 0.0692. The summed E-state index contributed by atoms with van der Waals surface area (Å²) in [6.45, 7) is 2.59. The number of nitrogens with zero attached hydrogens (tertiary/aromatic N) is 2. The van der Waals surface area contributed by atoms with E-state index in [1.165, 1.54) is 17.0 Å². The van der Waals surface area contributed by atoms with Crippen LogP contribution in [0.5, 0.6) is 5.75 Å². The topological polar surface area (TPSA) is 73.2 Å². The zero-order valence-corrected chi connectivity index (χ0v) is 14.6. The number of carbonyl (C=O) groups excluding carboxylic acids is 1. The number of hydrogen-bond donors (Lipinski definition) is 1. The van der Waals surface area contributed by atoms with Crippen LogP contribution in [0.3, 0.4) is 0 Å². The Balaban J connectivity index is 1.47. The molecule has 134 valence electrons. The summed E-state index contributed by atoms with van der Waals surface area (Å²) in [6.07, 6.45) is 2.23. The van der Waals surface area contributed by atoms with Gasteiger partial charge < -0.3 is 10.1 Å². The molecular weight excluding hydrogens is 330 g/mol. The highest BCUT2D eigenvalue weighted by molar-refractivity contribution is 5.84. The monoisotopic (exact) mass is 351 g/mol. The summed E-state index contributed by atoms with van der Waals surface area (Å²) in [5, 5.41) is 4.93. The van der Waals surface area contributed by atoms with Crippen LogP contribution in [0, 0.1) is 0 Å². The van der Waals surface area contributed by atoms with Crippen LogP contribution in [-0.2, 0) is 17.8 Å². The molecule has 2 aromatic carbocycles. The largest absolute Gasteiger partial charge is 0.484 e. The molecular formula is C20H21N3O3. The SMILES string of the molecule is CCc1cc(=O)n(CCNC(=O)COc2ccc3ccccc3c2)cn1. The fourth-order valence-corrected chi connectivity index (χ4v) is 2.60. The summed E-state index contributed by atoms with van der Waals surface area (Å²) in [5.74, 6) is 0.416. The van der Waals surface area contributed by atoms with Gasteiger partial charge in [0.15, 0.2) is 6.61 Å². The van der Waals surface area contributed by atoms with Gasteiger partial charge in [0.05, 0.1) is 6.33 Å². The molecule has 0 unspecified atom stereocenters. The number of aryl methyl sites for hydroxylation is 1. The Morgan fingerprint density at radius 1 is 1.15 bits per heavy atom. The normalized spacial score (nSPS) is 10.7. The number of amides is 1. The van der Waals surface area contributed by atoms with Crippen molar-refractivity contribution in [1.29, 1.82) is 0 Å². The molecule has 1 amide bonds. The summed E-state index contributed by atoms with van der Waals surface area (Å²) < 4.78 is 7.02. The first-order valence-electron chi connectivity index (χ1n) is 8.59. The number of hydrogen-bond acceptors (Lipinski definition) is 4. The van der Waals surface area contributed by atoms with Gasteiger partial charge in [-0.05, 0) is 29.3 Å². The molecule has 0 radical (unpaired) electrons. The molecule has 0 aliphatic rings. The Morgan fingerprint density at radius 2 is 1.96 bits per heavy atom. The predicted octanol–water partition coefficient (Wildman–Crippen LogP) is 2.15. The van der Waals surface area contributed by atoms with Crippen LogP contribution < -0.4 is 15.6 Å². The first-order chi connectivity index (χ1) is 12.7. The van der Waals surface area contributed by atoms with E-state index in [9.17, 15) is 9.59 Å². The quantitative estimate of drug-likeness (QED) is 0.708. The van der Waals surface area contributed by atoms with Gasteiger partial charge in [-0.15, -0.1) is 0 Å². The van der Waals surface area contributed by atoms with Gasteiger partial charge in [0.25, 0.3) is 11.5 Å². The second-order valence-electron chi connectivity index (χ2n) is 5.91. The summed E-state index contributed by atoms with van der Waals surface area (Å²) in [7, 11) is 0. The molecule has 6 heteroatoms. The highest BCUT2D eigenvalue weighted by atomic mass is 16.5. The number of benzene rings is 2. The molecule has 3 aromatic rings. The molecule has 0 aliphatic heterocycles. The maximum absolute atomic E-state index is 11.9. The number of ether oxygens (including phenoxy) is 1. The molecule has 6 nitrogen and oxygen atoms in total. The van der Waals surface area contributed by atoms with Crippen LogP contribution in [0.1, 0.15) is 12.6 Å². The number of aromatic nitrogens is 2. The maximum atomic E-state index is 11.9. The second-order valence-corrected chi connectivity index (χ2v) is 5.91. The van der Waals surface area contributed by atoms with Gasteiger partial charge in [0, 0.05) is 24.8 Å². The average Bonchev–Trinajstić information content (AvgIpc) is 2.67. The van der Waals surface area contributed by atoms with Crippen LogP contribution >= 0.6 is 0 Å². The standard InChI is InChI=1S/C20H21N3O3/c1-2-17-12-20(25)23(14-22-17)10-9-21-19(24)13-26-18-8-7-15-5-3-4-6-16(15)11-18/h3-8,11-12,14H,2,9-10,13H2,1H3,(H,21,24). The lowest BCUT2D eigenvalue weighted by atomic mass is 10.1. The Kier molecular flexibility index (Phi) is 5.63. The van der Waals surface area contributed by atoms with E-state index in [0.717, 1.165) is 22.9 Å². The lowest BCUT2D eigenvalue weighted by molar-refractivity contribution is -0.123. The summed E-state index contributed by atoms with van der Waals surface area (Å²) in [4.78, 5) is 28.0. The lowest BCUT2D eigenvalue weighted by Gasteiger charge is -2.09. The van der Waals surface area contributed by atoms with E-state index in [1.807, 2.05) is 49.4 Å². The molecule has 0 saturated heterocycles. The molecule has 26 heavy (non-hydrogen) atoms. The first kappa shape index (κ1) is 17.7. The van der Waals surface area contributed by atoms with Gasteiger partial charge in [-0.3, -0.25) is 14.2 Å². The minimum atomic E-state index is -0.232. The first-order valence-corrected chi connectivity index (χ1v) is 8.59. The van der Waals surface area contributed by atoms with Crippen LogP contribution in [0.4, 0.5) is 0 Å². The highest BCUT2D eigenvalue weighted by Crippen LogP contribution is 2.20. The van der Waals surface area contributed by atoms with Crippen molar-refractivity contribution in [3.63, 3.8) is 0 Å². The fourth-order valence-electron chi connectivity index (χ4n) is 2.60. The zero-order valence-electron chi connectivity index (χ0n) is 14.6. The number of fused-ring (bicyclic) bond motifs is 1. The molecule has 0 spiro atoms. The van der Waals surface area contributed by atoms with E-state index in [2.05, 4.69) is 10.3 Å². The minimum Gasteiger partial charge on any atom is -0.484 e. The molecule has 3 rings (SSSR count). The fraction of sp³-hybridized carbons (Fsp3) is 0.250. The van der Waals surface area contributed by atoms with Gasteiger partial charge in [-0.2, -0.15) is 0 Å². The molecule has 0 atom stereocenters. The smallest absolute Gasteiger partial charge is 0.258 e. The highest BCUT2D eigenvalue weighted by Gasteiger charge is 2.04. The maximum Gasteiger partial charge on any atom is 0.258 e. The van der Waals surface area contributed by atoms with Crippen LogP contribution in [0.25, 0.3) is 10.8 Å². The zero-order chi connectivity index (χ0) is 18.4. The van der Waals surface area contributed by atoms with Gasteiger partial charge in [-0.25, -0.2) is 4.98 Å². The van der Waals surface area contributed by atoms with Crippen molar-refractivity contribution in [2.75, 3.05) is 13.2 Å². The van der Waals surface area contributed by atoms with Crippen molar-refractivity contribution in [3.05, 3.63) is 70.9 Å². The van der Waals surface area contributed by atoms with Gasteiger partial charge in [-0.1, -0.05) is 37.3 Å². The van der Waals surface area contributed by atoms with E-state index >= 15 is 0 Å². The second kappa shape index (κ2) is 8.29. The van der Waals surface area contributed by atoms with Crippen LogP contribution in [0.15, 0.2) is 59.7 Å². The molecule has 1 heterocycles. The lowest BCUT2D eigenvalue weighted by Crippen LogP contribution is -2.33. The predicted molar refractivity (Wildman–Crippen MR) is 100 cm³/mol. The van der Waals surface area contributed by atoms with Crippen molar-refractivity contribution in [1.82, 2.24) is 14.9 Å². The molecule has 0 aliphatic carbocycles. The van der Waals surface area contributed by atoms with E-state index < -0.39 is 0 Å². The van der Waals surface area contributed by atoms with Gasteiger partial charge in [0.1, 0.15) is 5.75 Å². The molecule has 1 aromatic heterocycles. The number of nitrogens with one attached hydrogen (secondary N) is 1. The van der Waals surface area contributed by atoms with Gasteiger partial charge >= 0.3 is 0 Å². The number of rotatable bonds is 7. The van der Waals surface area contributed by atoms with Crippen molar-refractivity contribution in [2.24, 2.45) is 0 Å². The Hall–Kier alpha value is -3.15. The Labute approximate surface area is 151 Å².